The average molecular weight is 410 g/mol. The molecular formula is C20H18N4O6. The molecule has 0 bridgehead atoms. The van der Waals surface area contributed by atoms with Crippen LogP contribution in [-0.4, -0.2) is 39.1 Å². The van der Waals surface area contributed by atoms with Gasteiger partial charge in [0.1, 0.15) is 0 Å². The van der Waals surface area contributed by atoms with Crippen LogP contribution in [0.15, 0.2) is 52.3 Å². The van der Waals surface area contributed by atoms with Gasteiger partial charge in [0.2, 0.25) is 0 Å². The van der Waals surface area contributed by atoms with Crippen LogP contribution in [-0.2, 0) is 20.1 Å². The second-order valence-electron chi connectivity index (χ2n) is 6.93. The maximum atomic E-state index is 13.2. The van der Waals surface area contributed by atoms with Crippen LogP contribution in [0.5, 0.6) is 23.0 Å². The molecule has 0 radical (unpaired) electrons. The summed E-state index contributed by atoms with van der Waals surface area (Å²) in [4.78, 5) is 30.4. The highest BCUT2D eigenvalue weighted by Gasteiger charge is 2.18. The number of hydrogen-bond donors (Lipinski definition) is 4. The highest BCUT2D eigenvalue weighted by atomic mass is 16.3. The minimum absolute atomic E-state index is 0.00128. The molecule has 0 aliphatic rings. The number of aryl methyl sites for hydroxylation is 1. The van der Waals surface area contributed by atoms with Gasteiger partial charge in [-0.15, -0.1) is 0 Å². The molecule has 0 saturated heterocycles. The van der Waals surface area contributed by atoms with Gasteiger partial charge in [-0.1, -0.05) is 12.1 Å². The number of rotatable bonds is 4. The van der Waals surface area contributed by atoms with Gasteiger partial charge in [-0.2, -0.15) is 0 Å². The van der Waals surface area contributed by atoms with Gasteiger partial charge in [0, 0.05) is 7.05 Å². The van der Waals surface area contributed by atoms with E-state index in [-0.39, 0.29) is 47.3 Å². The van der Waals surface area contributed by atoms with E-state index in [1.807, 2.05) is 0 Å². The summed E-state index contributed by atoms with van der Waals surface area (Å²) in [6.45, 7) is -0.130. The van der Waals surface area contributed by atoms with Crippen molar-refractivity contribution >= 4 is 11.2 Å². The molecule has 4 N–H and O–H groups in total. The number of imidazole rings is 1. The number of nitrogens with zero attached hydrogens (tertiary/aromatic N) is 4. The van der Waals surface area contributed by atoms with Crippen LogP contribution in [0.3, 0.4) is 0 Å². The summed E-state index contributed by atoms with van der Waals surface area (Å²) in [5.41, 5.74) is 0.177. The Balaban J connectivity index is 1.89. The molecule has 0 unspecified atom stereocenters. The van der Waals surface area contributed by atoms with Gasteiger partial charge < -0.3 is 25.0 Å². The van der Waals surface area contributed by atoms with Crippen molar-refractivity contribution in [3.63, 3.8) is 0 Å². The van der Waals surface area contributed by atoms with Crippen molar-refractivity contribution in [1.29, 1.82) is 0 Å². The maximum Gasteiger partial charge on any atom is 0.333 e. The van der Waals surface area contributed by atoms with Crippen molar-refractivity contribution in [3.8, 4) is 23.0 Å². The molecule has 10 nitrogen and oxygen atoms in total. The van der Waals surface area contributed by atoms with Gasteiger partial charge in [-0.25, -0.2) is 9.78 Å². The van der Waals surface area contributed by atoms with Crippen molar-refractivity contribution in [2.75, 3.05) is 0 Å². The van der Waals surface area contributed by atoms with Crippen LogP contribution in [0, 0.1) is 0 Å². The van der Waals surface area contributed by atoms with E-state index in [4.69, 9.17) is 0 Å². The zero-order valence-corrected chi connectivity index (χ0v) is 15.8. The topological polar surface area (TPSA) is 143 Å². The summed E-state index contributed by atoms with van der Waals surface area (Å²) in [5.74, 6) is -1.28. The summed E-state index contributed by atoms with van der Waals surface area (Å²) in [7, 11) is 1.63. The Morgan fingerprint density at radius 3 is 1.87 bits per heavy atom. The molecule has 154 valence electrons. The van der Waals surface area contributed by atoms with Crippen molar-refractivity contribution in [2.24, 2.45) is 7.05 Å². The molecule has 2 heterocycles. The lowest BCUT2D eigenvalue weighted by Gasteiger charge is -2.13. The zero-order valence-electron chi connectivity index (χ0n) is 15.8. The summed E-state index contributed by atoms with van der Waals surface area (Å²) in [6.07, 6.45) is 1.42. The van der Waals surface area contributed by atoms with E-state index in [0.717, 1.165) is 4.57 Å². The highest BCUT2D eigenvalue weighted by Crippen LogP contribution is 2.26. The normalized spacial score (nSPS) is 11.2. The third-order valence-corrected chi connectivity index (χ3v) is 4.84. The Hall–Kier alpha value is -4.21. The predicted molar refractivity (Wildman–Crippen MR) is 107 cm³/mol. The zero-order chi connectivity index (χ0) is 21.6. The minimum Gasteiger partial charge on any atom is -0.504 e. The van der Waals surface area contributed by atoms with E-state index in [1.54, 1.807) is 13.1 Å². The molecule has 0 spiro atoms. The van der Waals surface area contributed by atoms with E-state index in [9.17, 15) is 30.0 Å². The van der Waals surface area contributed by atoms with Crippen molar-refractivity contribution < 1.29 is 20.4 Å². The third-order valence-electron chi connectivity index (χ3n) is 4.84. The Morgan fingerprint density at radius 2 is 1.33 bits per heavy atom. The Labute approximate surface area is 168 Å². The number of hydrogen-bond acceptors (Lipinski definition) is 7. The summed E-state index contributed by atoms with van der Waals surface area (Å²) < 4.78 is 3.81. The predicted octanol–water partition coefficient (Wildman–Crippen LogP) is 0.816. The molecule has 0 saturated carbocycles. The standard InChI is InChI=1S/C20H18N4O6/c1-22-10-21-18-17(22)19(29)24(9-12-3-5-14(26)16(28)7-12)20(30)23(18)8-11-2-4-13(25)15(27)6-11/h2-7,10,25-28H,8-9H2,1H3. The van der Waals surface area contributed by atoms with E-state index >= 15 is 0 Å². The summed E-state index contributed by atoms with van der Waals surface area (Å²) in [6, 6.07) is 8.22. The molecule has 0 fully saturated rings. The lowest BCUT2D eigenvalue weighted by Crippen LogP contribution is -2.41. The highest BCUT2D eigenvalue weighted by molar-refractivity contribution is 5.70. The number of fused-ring (bicyclic) bond motifs is 1. The fourth-order valence-corrected chi connectivity index (χ4v) is 3.29. The Kier molecular flexibility index (Phi) is 4.46. The molecule has 2 aromatic heterocycles. The van der Waals surface area contributed by atoms with Gasteiger partial charge >= 0.3 is 5.69 Å². The molecule has 10 heteroatoms. The second-order valence-corrected chi connectivity index (χ2v) is 6.93. The van der Waals surface area contributed by atoms with Gasteiger partial charge in [-0.3, -0.25) is 13.9 Å². The molecule has 4 rings (SSSR count). The SMILES string of the molecule is Cn1cnc2c1c(=O)n(Cc1ccc(O)c(O)c1)c(=O)n2Cc1ccc(O)c(O)c1. The van der Waals surface area contributed by atoms with E-state index in [2.05, 4.69) is 4.98 Å². The fourth-order valence-electron chi connectivity index (χ4n) is 3.29. The number of phenolic OH excluding ortho intramolecular Hbond substituents is 4. The summed E-state index contributed by atoms with van der Waals surface area (Å²) in [5, 5.41) is 38.5. The van der Waals surface area contributed by atoms with Crippen molar-refractivity contribution in [1.82, 2.24) is 18.7 Å². The number of aromatic nitrogens is 4. The first-order chi connectivity index (χ1) is 14.3. The van der Waals surface area contributed by atoms with E-state index < -0.39 is 11.2 Å². The monoisotopic (exact) mass is 410 g/mol. The Morgan fingerprint density at radius 1 is 0.800 bits per heavy atom. The van der Waals surface area contributed by atoms with Crippen LogP contribution in [0.4, 0.5) is 0 Å². The molecule has 0 aliphatic carbocycles. The van der Waals surface area contributed by atoms with Crippen LogP contribution in [0.25, 0.3) is 11.2 Å². The summed E-state index contributed by atoms with van der Waals surface area (Å²) >= 11 is 0. The molecular weight excluding hydrogens is 392 g/mol. The van der Waals surface area contributed by atoms with Crippen LogP contribution in [0.1, 0.15) is 11.1 Å². The van der Waals surface area contributed by atoms with Crippen molar-refractivity contribution in [3.05, 3.63) is 74.7 Å². The minimum atomic E-state index is -0.633. The second kappa shape index (κ2) is 6.99. The van der Waals surface area contributed by atoms with Crippen LogP contribution in [0.2, 0.25) is 0 Å². The third kappa shape index (κ3) is 3.13. The Bertz CT molecular complexity index is 1400. The maximum absolute atomic E-state index is 13.2. The van der Waals surface area contributed by atoms with Crippen LogP contribution < -0.4 is 11.2 Å². The molecule has 0 atom stereocenters. The van der Waals surface area contributed by atoms with Crippen molar-refractivity contribution in [2.45, 2.75) is 13.1 Å². The van der Waals surface area contributed by atoms with Gasteiger partial charge in [0.15, 0.2) is 34.2 Å². The first kappa shape index (κ1) is 19.1. The lowest BCUT2D eigenvalue weighted by molar-refractivity contribution is 0.402. The molecule has 4 aromatic rings. The quantitative estimate of drug-likeness (QED) is 0.365. The van der Waals surface area contributed by atoms with Gasteiger partial charge in [0.05, 0.1) is 19.4 Å². The smallest absolute Gasteiger partial charge is 0.333 e. The first-order valence-corrected chi connectivity index (χ1v) is 8.92. The largest absolute Gasteiger partial charge is 0.504 e. The fraction of sp³-hybridized carbons (Fsp3) is 0.150. The lowest BCUT2D eigenvalue weighted by atomic mass is 10.2. The van der Waals surface area contributed by atoms with E-state index in [1.165, 1.54) is 45.8 Å². The van der Waals surface area contributed by atoms with Gasteiger partial charge in [0.25, 0.3) is 5.56 Å². The average Bonchev–Trinajstić information content (AvgIpc) is 3.09. The molecule has 0 aliphatic heterocycles. The number of benzene rings is 2. The molecule has 0 amide bonds. The van der Waals surface area contributed by atoms with Gasteiger partial charge in [-0.05, 0) is 35.4 Å². The molecule has 2 aromatic carbocycles. The first-order valence-electron chi connectivity index (χ1n) is 8.92. The number of phenols is 4. The van der Waals surface area contributed by atoms with Crippen LogP contribution >= 0.6 is 0 Å². The molecule has 30 heavy (non-hydrogen) atoms. The number of aromatic hydroxyl groups is 4. The van der Waals surface area contributed by atoms with E-state index in [0.29, 0.717) is 11.1 Å².